The van der Waals surface area contributed by atoms with Crippen LogP contribution < -0.4 is 25.8 Å². The molecule has 6 heterocycles. The Hall–Kier alpha value is -5.61. The number of piperidine rings is 2. The Morgan fingerprint density at radius 3 is 2.32 bits per heavy atom. The number of carbonyl (C=O) groups is 5. The van der Waals surface area contributed by atoms with E-state index in [1.165, 1.54) is 10.6 Å². The number of likely N-dealkylation sites (tertiary alicyclic amines) is 1. The van der Waals surface area contributed by atoms with Gasteiger partial charge in [0.1, 0.15) is 17.6 Å². The Morgan fingerprint density at radius 1 is 0.864 bits per heavy atom. The first-order chi connectivity index (χ1) is 28.4. The third-order valence-corrected chi connectivity index (χ3v) is 12.9. The lowest BCUT2D eigenvalue weighted by molar-refractivity contribution is -0.136. The number of aromatic nitrogens is 1. The normalized spacial score (nSPS) is 20.5. The number of ether oxygens (including phenoxy) is 1. The number of imide groups is 2. The Balaban J connectivity index is 0.827. The molecule has 6 amide bonds. The summed E-state index contributed by atoms with van der Waals surface area (Å²) in [5.74, 6) is -1.32. The lowest BCUT2D eigenvalue weighted by Crippen LogP contribution is -2.54. The van der Waals surface area contributed by atoms with Crippen molar-refractivity contribution in [1.82, 2.24) is 34.8 Å². The molecular formula is C43H51FN8O7. The van der Waals surface area contributed by atoms with E-state index in [2.05, 4.69) is 25.3 Å². The van der Waals surface area contributed by atoms with E-state index in [1.54, 1.807) is 44.4 Å². The summed E-state index contributed by atoms with van der Waals surface area (Å²) in [5, 5.41) is 4.87. The van der Waals surface area contributed by atoms with Gasteiger partial charge < -0.3 is 24.4 Å². The smallest absolute Gasteiger partial charge is 0.317 e. The topological polar surface area (TPSA) is 157 Å². The highest BCUT2D eigenvalue weighted by Gasteiger charge is 2.45. The van der Waals surface area contributed by atoms with E-state index in [0.717, 1.165) is 86.8 Å². The molecule has 3 aromatic rings. The third-order valence-electron chi connectivity index (χ3n) is 12.9. The minimum absolute atomic E-state index is 0.0826. The van der Waals surface area contributed by atoms with Gasteiger partial charge in [-0.1, -0.05) is 0 Å². The molecule has 3 fully saturated rings. The van der Waals surface area contributed by atoms with Crippen LogP contribution >= 0.6 is 0 Å². The van der Waals surface area contributed by atoms with Gasteiger partial charge in [0.15, 0.2) is 0 Å². The van der Waals surface area contributed by atoms with Crippen LogP contribution in [0.15, 0.2) is 41.3 Å². The Bertz CT molecular complexity index is 2260. The average Bonchev–Trinajstić information content (AvgIpc) is 3.49. The summed E-state index contributed by atoms with van der Waals surface area (Å²) >= 11 is 0. The number of fused-ring (bicyclic) bond motifs is 2. The molecule has 0 saturated carbocycles. The number of methoxy groups -OCH3 is 1. The molecule has 5 aliphatic rings. The lowest BCUT2D eigenvalue weighted by Gasteiger charge is -2.38. The second-order valence-corrected chi connectivity index (χ2v) is 16.3. The van der Waals surface area contributed by atoms with Crippen LogP contribution in [0.2, 0.25) is 0 Å². The molecule has 0 aliphatic carbocycles. The summed E-state index contributed by atoms with van der Waals surface area (Å²) in [6, 6.07) is 7.46. The Labute approximate surface area is 342 Å². The van der Waals surface area contributed by atoms with Gasteiger partial charge in [0.25, 0.3) is 17.4 Å². The van der Waals surface area contributed by atoms with Crippen LogP contribution in [0.3, 0.4) is 0 Å². The van der Waals surface area contributed by atoms with Crippen molar-refractivity contribution >= 4 is 35.3 Å². The minimum atomic E-state index is -0.984. The van der Waals surface area contributed by atoms with Gasteiger partial charge in [0, 0.05) is 88.4 Å². The molecular weight excluding hydrogens is 760 g/mol. The van der Waals surface area contributed by atoms with E-state index in [0.29, 0.717) is 53.4 Å². The summed E-state index contributed by atoms with van der Waals surface area (Å²) in [5.41, 5.74) is 4.58. The fraction of sp³-hybridized carbons (Fsp3) is 0.488. The van der Waals surface area contributed by atoms with Crippen molar-refractivity contribution in [3.8, 4) is 16.9 Å². The molecule has 2 N–H and O–H groups in total. The molecule has 0 spiro atoms. The number of carbonyl (C=O) groups excluding carboxylic acids is 5. The molecule has 2 aromatic carbocycles. The zero-order valence-electron chi connectivity index (χ0n) is 33.9. The number of pyridine rings is 1. The fourth-order valence-corrected chi connectivity index (χ4v) is 9.39. The van der Waals surface area contributed by atoms with Gasteiger partial charge in [-0.3, -0.25) is 44.0 Å². The number of rotatable bonds is 9. The number of urea groups is 1. The van der Waals surface area contributed by atoms with Gasteiger partial charge in [0.2, 0.25) is 11.8 Å². The zero-order chi connectivity index (χ0) is 41.5. The Morgan fingerprint density at radius 2 is 1.61 bits per heavy atom. The Kier molecular flexibility index (Phi) is 11.3. The molecule has 59 heavy (non-hydrogen) atoms. The maximum atomic E-state index is 16.0. The molecule has 16 heteroatoms. The maximum absolute atomic E-state index is 16.0. The molecule has 1 unspecified atom stereocenters. The molecule has 1 aromatic heterocycles. The summed E-state index contributed by atoms with van der Waals surface area (Å²) in [7, 11) is 4.79. The number of aryl methyl sites for hydroxylation is 1. The number of amides is 6. The van der Waals surface area contributed by atoms with E-state index in [-0.39, 0.29) is 42.4 Å². The molecule has 15 nitrogen and oxygen atoms in total. The summed E-state index contributed by atoms with van der Waals surface area (Å²) < 4.78 is 23.3. The highest BCUT2D eigenvalue weighted by molar-refractivity contribution is 6.23. The van der Waals surface area contributed by atoms with E-state index in [1.807, 2.05) is 12.1 Å². The van der Waals surface area contributed by atoms with Gasteiger partial charge in [-0.25, -0.2) is 9.18 Å². The second-order valence-electron chi connectivity index (χ2n) is 16.3. The fourth-order valence-electron chi connectivity index (χ4n) is 9.39. The van der Waals surface area contributed by atoms with Gasteiger partial charge in [-0.05, 0) is 99.1 Å². The van der Waals surface area contributed by atoms with Gasteiger partial charge in [0.05, 0.1) is 24.8 Å². The van der Waals surface area contributed by atoms with Crippen molar-refractivity contribution in [2.24, 2.45) is 13.0 Å². The number of nitrogens with zero attached hydrogens (tertiary/aromatic N) is 6. The summed E-state index contributed by atoms with van der Waals surface area (Å²) in [4.78, 5) is 85.5. The monoisotopic (exact) mass is 810 g/mol. The predicted octanol–water partition coefficient (Wildman–Crippen LogP) is 2.72. The predicted molar refractivity (Wildman–Crippen MR) is 217 cm³/mol. The van der Waals surface area contributed by atoms with Crippen LogP contribution in [-0.4, -0.2) is 126 Å². The molecule has 0 bridgehead atoms. The van der Waals surface area contributed by atoms with Crippen molar-refractivity contribution in [2.75, 3.05) is 71.4 Å². The quantitative estimate of drug-likeness (QED) is 0.309. The van der Waals surface area contributed by atoms with Crippen molar-refractivity contribution in [2.45, 2.75) is 57.7 Å². The van der Waals surface area contributed by atoms with Crippen LogP contribution in [0.5, 0.6) is 5.75 Å². The number of nitrogens with one attached hydrogen (secondary N) is 2. The lowest BCUT2D eigenvalue weighted by atomic mass is 9.91. The van der Waals surface area contributed by atoms with Crippen molar-refractivity contribution in [1.29, 1.82) is 0 Å². The first-order valence-corrected chi connectivity index (χ1v) is 20.5. The average molecular weight is 811 g/mol. The molecule has 312 valence electrons. The number of hydrogen-bond donors (Lipinski definition) is 2. The van der Waals surface area contributed by atoms with Gasteiger partial charge in [-0.15, -0.1) is 0 Å². The van der Waals surface area contributed by atoms with Crippen molar-refractivity contribution < 1.29 is 33.1 Å². The number of anilines is 1. The van der Waals surface area contributed by atoms with Crippen LogP contribution in [0.1, 0.15) is 69.5 Å². The minimum Gasteiger partial charge on any atom is -0.496 e. The van der Waals surface area contributed by atoms with E-state index in [4.69, 9.17) is 4.74 Å². The standard InChI is InChI=1S/C43H51FN8O7/c1-45-43(58)51-15-11-29-32(23-47(2)40(55)33(29)25-51)27-20-35(44)34(37(21-27)59-3)24-49-13-9-26(10-14-49)8-12-48-16-18-50(19-17-48)28-4-5-30-31(22-28)42(57)52(41(30)56)36-6-7-38(53)46-39(36)54/h4-5,20-23,26,36H,6-19,24-25H2,1-3H3,(H,45,58)(H,46,53,54). The number of hydrogen-bond acceptors (Lipinski definition) is 10. The second kappa shape index (κ2) is 16.6. The summed E-state index contributed by atoms with van der Waals surface area (Å²) in [6.45, 7) is 7.10. The van der Waals surface area contributed by atoms with Gasteiger partial charge in [-0.2, -0.15) is 0 Å². The largest absolute Gasteiger partial charge is 0.496 e. The van der Waals surface area contributed by atoms with Crippen LogP contribution in [-0.2, 0) is 36.1 Å². The third kappa shape index (κ3) is 7.82. The SMILES string of the molecule is CNC(=O)N1CCc2c(-c3cc(F)c(CN4CCC(CCN5CCN(c6ccc7c(c6)C(=O)N(C6CCC(=O)NC6=O)C7=O)CC5)CC4)c(OC)c3)cn(C)c(=O)c2C1. The molecule has 8 rings (SSSR count). The molecule has 0 radical (unpaired) electrons. The van der Waals surface area contributed by atoms with Crippen LogP contribution in [0.25, 0.3) is 11.1 Å². The van der Waals surface area contributed by atoms with E-state index >= 15 is 4.39 Å². The summed E-state index contributed by atoms with van der Waals surface area (Å²) in [6.07, 6.45) is 5.58. The van der Waals surface area contributed by atoms with Crippen molar-refractivity contribution in [3.05, 3.63) is 80.5 Å². The molecule has 3 saturated heterocycles. The first-order valence-electron chi connectivity index (χ1n) is 20.5. The number of benzene rings is 2. The van der Waals surface area contributed by atoms with E-state index in [9.17, 15) is 28.8 Å². The number of halogens is 1. The van der Waals surface area contributed by atoms with Crippen molar-refractivity contribution in [3.63, 3.8) is 0 Å². The first kappa shape index (κ1) is 40.2. The zero-order valence-corrected chi connectivity index (χ0v) is 33.9. The van der Waals surface area contributed by atoms with Crippen LogP contribution in [0, 0.1) is 11.7 Å². The van der Waals surface area contributed by atoms with Crippen LogP contribution in [0.4, 0.5) is 14.9 Å². The van der Waals surface area contributed by atoms with E-state index < -0.39 is 29.7 Å². The molecule has 1 atom stereocenters. The maximum Gasteiger partial charge on any atom is 0.317 e. The number of piperazine rings is 1. The highest BCUT2D eigenvalue weighted by Crippen LogP contribution is 2.36. The molecule has 5 aliphatic heterocycles. The highest BCUT2D eigenvalue weighted by atomic mass is 19.1. The van der Waals surface area contributed by atoms with Gasteiger partial charge >= 0.3 is 6.03 Å².